The number of amidine groups is 1. The fourth-order valence-corrected chi connectivity index (χ4v) is 4.80. The largest absolute Gasteiger partial charge is 0.493 e. The molecule has 0 bridgehead atoms. The maximum atomic E-state index is 12.7. The number of hydrazine groups is 1. The molecule has 3 aliphatic heterocycles. The Kier molecular flexibility index (Phi) is 5.73. The molecule has 3 heterocycles. The summed E-state index contributed by atoms with van der Waals surface area (Å²) in [7, 11) is 3.17. The summed E-state index contributed by atoms with van der Waals surface area (Å²) >= 11 is 1.26. The second-order valence-electron chi connectivity index (χ2n) is 7.57. The SMILES string of the molecule is COc1ccc(C2CC3C(=O)NN=C(SCC(=O)c4ccc5c(c4)OCO5)N3N2)cc1OC. The number of ether oxygens (including phenoxy) is 4. The average Bonchev–Trinajstić information content (AvgIpc) is 3.50. The maximum Gasteiger partial charge on any atom is 0.264 e. The minimum Gasteiger partial charge on any atom is -0.493 e. The summed E-state index contributed by atoms with van der Waals surface area (Å²) in [6, 6.07) is 10.2. The fourth-order valence-electron chi connectivity index (χ4n) is 3.95. The van der Waals surface area contributed by atoms with Gasteiger partial charge in [-0.3, -0.25) is 14.6 Å². The van der Waals surface area contributed by atoms with Gasteiger partial charge in [-0.2, -0.15) is 0 Å². The molecule has 5 rings (SSSR count). The van der Waals surface area contributed by atoms with Gasteiger partial charge in [0.15, 0.2) is 33.9 Å². The van der Waals surface area contributed by atoms with Crippen LogP contribution >= 0.6 is 11.8 Å². The second-order valence-corrected chi connectivity index (χ2v) is 8.51. The van der Waals surface area contributed by atoms with Crippen LogP contribution in [0.15, 0.2) is 41.5 Å². The van der Waals surface area contributed by atoms with E-state index in [1.807, 2.05) is 18.2 Å². The Bertz CT molecular complexity index is 1140. The molecule has 10 nitrogen and oxygen atoms in total. The second kappa shape index (κ2) is 8.83. The van der Waals surface area contributed by atoms with Gasteiger partial charge in [0.1, 0.15) is 6.04 Å². The Hall–Kier alpha value is -3.44. The number of carbonyl (C=O) groups excluding carboxylic acids is 2. The van der Waals surface area contributed by atoms with Gasteiger partial charge in [0, 0.05) is 5.56 Å². The van der Waals surface area contributed by atoms with Crippen molar-refractivity contribution in [2.75, 3.05) is 26.8 Å². The molecule has 2 aromatic carbocycles. The van der Waals surface area contributed by atoms with Gasteiger partial charge in [-0.1, -0.05) is 17.8 Å². The number of carbonyl (C=O) groups is 2. The van der Waals surface area contributed by atoms with Crippen LogP contribution in [0.4, 0.5) is 0 Å². The third-order valence-corrected chi connectivity index (χ3v) is 6.63. The molecule has 1 fully saturated rings. The number of methoxy groups -OCH3 is 2. The molecule has 2 unspecified atom stereocenters. The number of nitrogens with zero attached hydrogens (tertiary/aromatic N) is 2. The molecule has 1 amide bonds. The van der Waals surface area contributed by atoms with Crippen LogP contribution in [-0.4, -0.2) is 54.7 Å². The molecular weight excluding hydrogens is 448 g/mol. The van der Waals surface area contributed by atoms with Crippen LogP contribution in [0.1, 0.15) is 28.4 Å². The highest BCUT2D eigenvalue weighted by Gasteiger charge is 2.42. The third-order valence-electron chi connectivity index (χ3n) is 5.67. The molecule has 2 aromatic rings. The lowest BCUT2D eigenvalue weighted by molar-refractivity contribution is -0.125. The number of benzene rings is 2. The lowest BCUT2D eigenvalue weighted by Crippen LogP contribution is -2.52. The van der Waals surface area contributed by atoms with Crippen molar-refractivity contribution in [1.82, 2.24) is 15.9 Å². The minimum atomic E-state index is -0.441. The quantitative estimate of drug-likeness (QED) is 0.613. The Morgan fingerprint density at radius 3 is 2.79 bits per heavy atom. The standard InChI is InChI=1S/C22H22N4O6S/c1-29-17-5-3-12(7-19(17)30-2)14-9-15-21(28)23-24-22(26(15)25-14)33-10-16(27)13-4-6-18-20(8-13)32-11-31-18/h3-8,14-15,25H,9-11H2,1-2H3,(H,23,28). The summed E-state index contributed by atoms with van der Waals surface area (Å²) in [5.41, 5.74) is 7.40. The first-order valence-electron chi connectivity index (χ1n) is 10.3. The molecule has 0 aliphatic carbocycles. The molecule has 11 heteroatoms. The molecule has 0 spiro atoms. The van der Waals surface area contributed by atoms with Gasteiger partial charge >= 0.3 is 0 Å². The van der Waals surface area contributed by atoms with Crippen molar-refractivity contribution in [1.29, 1.82) is 0 Å². The Morgan fingerprint density at radius 2 is 1.97 bits per heavy atom. The topological polar surface area (TPSA) is 111 Å². The summed E-state index contributed by atoms with van der Waals surface area (Å²) in [4.78, 5) is 25.2. The van der Waals surface area contributed by atoms with Crippen molar-refractivity contribution in [3.63, 3.8) is 0 Å². The molecule has 3 aliphatic rings. The monoisotopic (exact) mass is 470 g/mol. The van der Waals surface area contributed by atoms with Crippen LogP contribution in [0.25, 0.3) is 0 Å². The number of fused-ring (bicyclic) bond motifs is 2. The minimum absolute atomic E-state index is 0.0786. The van der Waals surface area contributed by atoms with Gasteiger partial charge in [-0.05, 0) is 42.3 Å². The van der Waals surface area contributed by atoms with E-state index in [1.165, 1.54) is 11.8 Å². The van der Waals surface area contributed by atoms with Crippen molar-refractivity contribution in [2.24, 2.45) is 5.10 Å². The van der Waals surface area contributed by atoms with Crippen LogP contribution in [0.2, 0.25) is 0 Å². The van der Waals surface area contributed by atoms with E-state index in [2.05, 4.69) is 16.0 Å². The zero-order valence-corrected chi connectivity index (χ0v) is 18.8. The summed E-state index contributed by atoms with van der Waals surface area (Å²) in [5.74, 6) is 2.32. The van der Waals surface area contributed by atoms with E-state index in [9.17, 15) is 9.59 Å². The van der Waals surface area contributed by atoms with E-state index < -0.39 is 6.04 Å². The number of ketones is 1. The predicted molar refractivity (Wildman–Crippen MR) is 121 cm³/mol. The molecule has 1 saturated heterocycles. The molecular formula is C22H22N4O6S. The van der Waals surface area contributed by atoms with Gasteiger partial charge < -0.3 is 18.9 Å². The van der Waals surface area contributed by atoms with Crippen LogP contribution in [-0.2, 0) is 4.79 Å². The zero-order valence-electron chi connectivity index (χ0n) is 18.0. The van der Waals surface area contributed by atoms with Crippen molar-refractivity contribution >= 4 is 28.6 Å². The van der Waals surface area contributed by atoms with Crippen molar-refractivity contribution in [3.05, 3.63) is 47.5 Å². The summed E-state index contributed by atoms with van der Waals surface area (Å²) in [6.07, 6.45) is 0.539. The van der Waals surface area contributed by atoms with Gasteiger partial charge in [0.25, 0.3) is 5.91 Å². The van der Waals surface area contributed by atoms with E-state index in [0.717, 1.165) is 5.56 Å². The Morgan fingerprint density at radius 1 is 1.15 bits per heavy atom. The maximum absolute atomic E-state index is 12.7. The molecule has 2 N–H and O–H groups in total. The van der Waals surface area contributed by atoms with E-state index in [0.29, 0.717) is 40.1 Å². The summed E-state index contributed by atoms with van der Waals surface area (Å²) in [5, 5.41) is 6.43. The lowest BCUT2D eigenvalue weighted by Gasteiger charge is -2.29. The van der Waals surface area contributed by atoms with Crippen molar-refractivity contribution in [3.8, 4) is 23.0 Å². The number of amides is 1. The van der Waals surface area contributed by atoms with E-state index in [-0.39, 0.29) is 30.3 Å². The smallest absolute Gasteiger partial charge is 0.264 e. The van der Waals surface area contributed by atoms with E-state index in [4.69, 9.17) is 18.9 Å². The molecule has 2 atom stereocenters. The number of Topliss-reactive ketones (excluding diaryl/α,β-unsaturated/α-hetero) is 1. The van der Waals surface area contributed by atoms with Gasteiger partial charge in [0.05, 0.1) is 26.0 Å². The van der Waals surface area contributed by atoms with Crippen LogP contribution in [0, 0.1) is 0 Å². The van der Waals surface area contributed by atoms with Crippen LogP contribution in [0.3, 0.4) is 0 Å². The van der Waals surface area contributed by atoms with E-state index in [1.54, 1.807) is 37.4 Å². The summed E-state index contributed by atoms with van der Waals surface area (Å²) < 4.78 is 21.4. The number of rotatable bonds is 6. The number of hydrogen-bond donors (Lipinski definition) is 2. The molecule has 33 heavy (non-hydrogen) atoms. The number of nitrogens with one attached hydrogen (secondary N) is 2. The first-order valence-corrected chi connectivity index (χ1v) is 11.3. The van der Waals surface area contributed by atoms with Gasteiger partial charge in [-0.25, -0.2) is 10.9 Å². The van der Waals surface area contributed by atoms with Crippen LogP contribution in [0.5, 0.6) is 23.0 Å². The highest BCUT2D eigenvalue weighted by molar-refractivity contribution is 8.14. The number of thioether (sulfide) groups is 1. The number of hydrogen-bond acceptors (Lipinski definition) is 10. The molecule has 0 saturated carbocycles. The van der Waals surface area contributed by atoms with Crippen molar-refractivity contribution in [2.45, 2.75) is 18.5 Å². The molecule has 0 radical (unpaired) electrons. The first-order chi connectivity index (χ1) is 16.1. The predicted octanol–water partition coefficient (Wildman–Crippen LogP) is 2.07. The molecule has 0 aromatic heterocycles. The summed E-state index contributed by atoms with van der Waals surface area (Å²) in [6.45, 7) is 0.154. The number of hydrazone groups is 1. The Balaban J connectivity index is 1.28. The zero-order chi connectivity index (χ0) is 22.9. The van der Waals surface area contributed by atoms with Crippen LogP contribution < -0.4 is 29.8 Å². The normalized spacial score (nSPS) is 20.7. The van der Waals surface area contributed by atoms with Crippen molar-refractivity contribution < 1.29 is 28.5 Å². The van der Waals surface area contributed by atoms with E-state index >= 15 is 0 Å². The van der Waals surface area contributed by atoms with Gasteiger partial charge in [0.2, 0.25) is 6.79 Å². The third kappa shape index (κ3) is 4.05. The van der Waals surface area contributed by atoms with Gasteiger partial charge in [-0.15, -0.1) is 5.10 Å². The Labute approximate surface area is 194 Å². The first kappa shape index (κ1) is 21.4. The molecule has 172 valence electrons. The lowest BCUT2D eigenvalue weighted by atomic mass is 10.0. The highest BCUT2D eigenvalue weighted by Crippen LogP contribution is 2.36. The average molecular weight is 471 g/mol. The highest BCUT2D eigenvalue weighted by atomic mass is 32.2. The fraction of sp³-hybridized carbons (Fsp3) is 0.318.